The van der Waals surface area contributed by atoms with Crippen LogP contribution in [-0.2, 0) is 0 Å². The first-order valence-electron chi connectivity index (χ1n) is 6.12. The van der Waals surface area contributed by atoms with Crippen LogP contribution in [0.1, 0.15) is 10.5 Å². The zero-order valence-corrected chi connectivity index (χ0v) is 13.0. The number of nitrogens with zero attached hydrogens (tertiary/aromatic N) is 2. The number of para-hydroxylation sites is 1. The lowest BCUT2D eigenvalue weighted by Crippen LogP contribution is -2.13. The Balaban J connectivity index is 1.87. The number of nitrogens with one attached hydrogen (secondary N) is 1. The number of rotatable bonds is 2. The topological polar surface area (TPSA) is 54.9 Å². The maximum absolute atomic E-state index is 12.2. The molecule has 0 radical (unpaired) electrons. The molecule has 1 aromatic carbocycles. The third-order valence-corrected chi connectivity index (χ3v) is 4.02. The van der Waals surface area contributed by atoms with Crippen LogP contribution in [0.5, 0.6) is 0 Å². The van der Waals surface area contributed by atoms with E-state index in [1.165, 1.54) is 6.20 Å². The summed E-state index contributed by atoms with van der Waals surface area (Å²) in [4.78, 5) is 20.5. The van der Waals surface area contributed by atoms with Crippen LogP contribution < -0.4 is 5.32 Å². The van der Waals surface area contributed by atoms with Crippen LogP contribution in [-0.4, -0.2) is 15.9 Å². The lowest BCUT2D eigenvalue weighted by molar-refractivity contribution is 0.102. The molecule has 21 heavy (non-hydrogen) atoms. The maximum atomic E-state index is 12.2. The van der Waals surface area contributed by atoms with E-state index in [0.29, 0.717) is 21.0 Å². The molecule has 3 aromatic rings. The van der Waals surface area contributed by atoms with E-state index in [9.17, 15) is 4.79 Å². The summed E-state index contributed by atoms with van der Waals surface area (Å²) in [6.07, 6.45) is 1.49. The number of carbonyl (C=O) groups is 1. The van der Waals surface area contributed by atoms with E-state index in [1.54, 1.807) is 12.1 Å². The minimum atomic E-state index is -0.295. The van der Waals surface area contributed by atoms with Crippen molar-refractivity contribution in [2.24, 2.45) is 0 Å². The highest BCUT2D eigenvalue weighted by atomic mass is 79.9. The first-order chi connectivity index (χ1) is 10.1. The average molecular weight is 363 g/mol. The average Bonchev–Trinajstić information content (AvgIpc) is 2.50. The van der Waals surface area contributed by atoms with Crippen LogP contribution >= 0.6 is 27.5 Å². The standard InChI is InChI=1S/C15H9BrClN3O/c16-11-7-10(8-18-14(11)17)19-15(21)13-6-5-9-3-1-2-4-12(9)20-13/h1-8H,(H,19,21). The number of hydrogen-bond acceptors (Lipinski definition) is 3. The summed E-state index contributed by atoms with van der Waals surface area (Å²) in [6.45, 7) is 0. The number of hydrogen-bond donors (Lipinski definition) is 1. The fourth-order valence-electron chi connectivity index (χ4n) is 1.88. The van der Waals surface area contributed by atoms with Crippen molar-refractivity contribution >= 4 is 50.0 Å². The molecule has 2 heterocycles. The van der Waals surface area contributed by atoms with E-state index in [2.05, 4.69) is 31.2 Å². The molecule has 0 bridgehead atoms. The lowest BCUT2D eigenvalue weighted by Gasteiger charge is -2.06. The fraction of sp³-hybridized carbons (Fsp3) is 0. The summed E-state index contributed by atoms with van der Waals surface area (Å²) < 4.78 is 0.619. The van der Waals surface area contributed by atoms with Gasteiger partial charge in [-0.15, -0.1) is 0 Å². The molecule has 1 N–H and O–H groups in total. The van der Waals surface area contributed by atoms with Crippen molar-refractivity contribution in [3.05, 3.63) is 64.0 Å². The van der Waals surface area contributed by atoms with Crippen molar-refractivity contribution in [2.45, 2.75) is 0 Å². The zero-order chi connectivity index (χ0) is 14.8. The molecule has 4 nitrogen and oxygen atoms in total. The molecule has 6 heteroatoms. The number of anilines is 1. The van der Waals surface area contributed by atoms with Crippen molar-refractivity contribution in [3.8, 4) is 0 Å². The normalized spacial score (nSPS) is 10.6. The second-order valence-corrected chi connectivity index (χ2v) is 5.55. The predicted molar refractivity (Wildman–Crippen MR) is 86.6 cm³/mol. The molecule has 3 rings (SSSR count). The van der Waals surface area contributed by atoms with Gasteiger partial charge in [0, 0.05) is 5.39 Å². The number of carbonyl (C=O) groups excluding carboxylic acids is 1. The van der Waals surface area contributed by atoms with Gasteiger partial charge < -0.3 is 5.32 Å². The molecule has 0 saturated carbocycles. The van der Waals surface area contributed by atoms with E-state index in [4.69, 9.17) is 11.6 Å². The molecule has 1 amide bonds. The number of benzene rings is 1. The smallest absolute Gasteiger partial charge is 0.274 e. The van der Waals surface area contributed by atoms with Crippen LogP contribution in [0.2, 0.25) is 5.15 Å². The first-order valence-corrected chi connectivity index (χ1v) is 7.29. The molecule has 0 aliphatic carbocycles. The van der Waals surface area contributed by atoms with Crippen LogP contribution in [0.4, 0.5) is 5.69 Å². The number of pyridine rings is 2. The van der Waals surface area contributed by atoms with Gasteiger partial charge in [0.1, 0.15) is 10.8 Å². The highest BCUT2D eigenvalue weighted by Crippen LogP contribution is 2.23. The molecule has 0 aliphatic heterocycles. The third kappa shape index (κ3) is 3.04. The van der Waals surface area contributed by atoms with Gasteiger partial charge in [0.05, 0.1) is 21.9 Å². The van der Waals surface area contributed by atoms with Crippen molar-refractivity contribution in [3.63, 3.8) is 0 Å². The van der Waals surface area contributed by atoms with Crippen molar-refractivity contribution < 1.29 is 4.79 Å². The summed E-state index contributed by atoms with van der Waals surface area (Å²) in [5, 5.41) is 4.07. The van der Waals surface area contributed by atoms with Gasteiger partial charge in [0.2, 0.25) is 0 Å². The largest absolute Gasteiger partial charge is 0.319 e. The second kappa shape index (κ2) is 5.79. The Labute approximate surface area is 134 Å². The van der Waals surface area contributed by atoms with E-state index in [1.807, 2.05) is 30.3 Å². The minimum absolute atomic E-state index is 0.295. The van der Waals surface area contributed by atoms with Crippen LogP contribution in [0, 0.1) is 0 Å². The molecule has 0 fully saturated rings. The van der Waals surface area contributed by atoms with E-state index in [0.717, 1.165) is 10.9 Å². The SMILES string of the molecule is O=C(Nc1cnc(Cl)c(Br)c1)c1ccc2ccccc2n1. The summed E-state index contributed by atoms with van der Waals surface area (Å²) in [6, 6.07) is 12.9. The van der Waals surface area contributed by atoms with Gasteiger partial charge in [0.25, 0.3) is 5.91 Å². The van der Waals surface area contributed by atoms with Crippen LogP contribution in [0.25, 0.3) is 10.9 Å². The van der Waals surface area contributed by atoms with Crippen LogP contribution in [0.3, 0.4) is 0 Å². The molecule has 0 aliphatic rings. The second-order valence-electron chi connectivity index (χ2n) is 4.34. The predicted octanol–water partition coefficient (Wildman–Crippen LogP) is 4.30. The van der Waals surface area contributed by atoms with Crippen molar-refractivity contribution in [1.82, 2.24) is 9.97 Å². The zero-order valence-electron chi connectivity index (χ0n) is 10.7. The number of fused-ring (bicyclic) bond motifs is 1. The highest BCUT2D eigenvalue weighted by Gasteiger charge is 2.10. The lowest BCUT2D eigenvalue weighted by atomic mass is 10.2. The van der Waals surface area contributed by atoms with Gasteiger partial charge in [-0.3, -0.25) is 4.79 Å². The summed E-state index contributed by atoms with van der Waals surface area (Å²) in [5.74, 6) is -0.295. The highest BCUT2D eigenvalue weighted by molar-refractivity contribution is 9.10. The van der Waals surface area contributed by atoms with E-state index >= 15 is 0 Å². The minimum Gasteiger partial charge on any atom is -0.319 e. The Morgan fingerprint density at radius 1 is 1.19 bits per heavy atom. The van der Waals surface area contributed by atoms with Gasteiger partial charge in [-0.25, -0.2) is 9.97 Å². The number of halogens is 2. The van der Waals surface area contributed by atoms with Gasteiger partial charge in [0.15, 0.2) is 0 Å². The van der Waals surface area contributed by atoms with Gasteiger partial charge in [-0.05, 0) is 34.1 Å². The van der Waals surface area contributed by atoms with Crippen molar-refractivity contribution in [1.29, 1.82) is 0 Å². The Morgan fingerprint density at radius 2 is 2.00 bits per heavy atom. The molecule has 0 atom stereocenters. The van der Waals surface area contributed by atoms with E-state index < -0.39 is 0 Å². The van der Waals surface area contributed by atoms with Crippen LogP contribution in [0.15, 0.2) is 53.1 Å². The summed E-state index contributed by atoms with van der Waals surface area (Å²) in [5.41, 5.74) is 1.67. The molecular weight excluding hydrogens is 354 g/mol. The Hall–Kier alpha value is -1.98. The Kier molecular flexibility index (Phi) is 3.86. The molecule has 2 aromatic heterocycles. The van der Waals surface area contributed by atoms with Gasteiger partial charge >= 0.3 is 0 Å². The molecule has 0 unspecified atom stereocenters. The third-order valence-electron chi connectivity index (χ3n) is 2.89. The molecular formula is C15H9BrClN3O. The Morgan fingerprint density at radius 3 is 2.81 bits per heavy atom. The van der Waals surface area contributed by atoms with Gasteiger partial charge in [-0.1, -0.05) is 35.9 Å². The molecule has 0 saturated heterocycles. The van der Waals surface area contributed by atoms with Crippen molar-refractivity contribution in [2.75, 3.05) is 5.32 Å². The fourth-order valence-corrected chi connectivity index (χ4v) is 2.33. The van der Waals surface area contributed by atoms with Gasteiger partial charge in [-0.2, -0.15) is 0 Å². The molecule has 104 valence electrons. The summed E-state index contributed by atoms with van der Waals surface area (Å²) in [7, 11) is 0. The molecule has 0 spiro atoms. The summed E-state index contributed by atoms with van der Waals surface area (Å²) >= 11 is 9.08. The number of amides is 1. The quantitative estimate of drug-likeness (QED) is 0.692. The maximum Gasteiger partial charge on any atom is 0.274 e. The van der Waals surface area contributed by atoms with E-state index in [-0.39, 0.29) is 5.91 Å². The number of aromatic nitrogens is 2. The monoisotopic (exact) mass is 361 g/mol. The Bertz CT molecular complexity index is 838. The first kappa shape index (κ1) is 14.0.